The molecule has 4 aliphatic rings. The van der Waals surface area contributed by atoms with Crippen molar-refractivity contribution in [3.63, 3.8) is 0 Å². The van der Waals surface area contributed by atoms with Crippen LogP contribution in [0.25, 0.3) is 10.9 Å². The molecule has 4 unspecified atom stereocenters. The fourth-order valence-electron chi connectivity index (χ4n) is 5.37. The molecule has 2 fully saturated rings. The number of rotatable bonds is 2. The number of hydrogen-bond donors (Lipinski definition) is 2. The summed E-state index contributed by atoms with van der Waals surface area (Å²) in [7, 11) is 0. The van der Waals surface area contributed by atoms with Crippen molar-refractivity contribution in [1.82, 2.24) is 15.6 Å². The van der Waals surface area contributed by atoms with Crippen LogP contribution in [-0.2, 0) is 4.79 Å². The van der Waals surface area contributed by atoms with Gasteiger partial charge in [0.1, 0.15) is 11.1 Å². The van der Waals surface area contributed by atoms with Crippen molar-refractivity contribution in [3.05, 3.63) is 65.0 Å². The van der Waals surface area contributed by atoms with Gasteiger partial charge in [0.2, 0.25) is 5.78 Å². The average Bonchev–Trinajstić information content (AvgIpc) is 3.06. The molecule has 2 N–H and O–H groups in total. The lowest BCUT2D eigenvalue weighted by Gasteiger charge is -2.30. The summed E-state index contributed by atoms with van der Waals surface area (Å²) < 4.78 is 0. The van der Waals surface area contributed by atoms with Gasteiger partial charge in [0, 0.05) is 23.7 Å². The van der Waals surface area contributed by atoms with Crippen LogP contribution in [0.5, 0.6) is 0 Å². The Kier molecular flexibility index (Phi) is 2.79. The molecular weight excluding hydrogens is 338 g/mol. The molecular formula is C22H19N3O2. The highest BCUT2D eigenvalue weighted by atomic mass is 16.1. The molecule has 134 valence electrons. The van der Waals surface area contributed by atoms with E-state index in [1.54, 1.807) is 6.07 Å². The number of carbonyl (C=O) groups is 2. The van der Waals surface area contributed by atoms with Crippen LogP contribution in [0.3, 0.4) is 0 Å². The fraction of sp³-hybridized carbons (Fsp3) is 0.318. The Balaban J connectivity index is 1.38. The zero-order chi connectivity index (χ0) is 18.3. The number of fused-ring (bicyclic) bond motifs is 2. The molecule has 1 aromatic heterocycles. The molecule has 3 heterocycles. The highest BCUT2D eigenvalue weighted by Gasteiger charge is 2.74. The molecule has 27 heavy (non-hydrogen) atoms. The van der Waals surface area contributed by atoms with Crippen molar-refractivity contribution in [1.29, 1.82) is 0 Å². The number of Topliss-reactive ketones (excluding diaryl/α,β-unsaturated/α-hetero) is 2. The number of pyridine rings is 1. The minimum Gasteiger partial charge on any atom is -0.386 e. The maximum absolute atomic E-state index is 13.1. The van der Waals surface area contributed by atoms with Gasteiger partial charge in [-0.25, -0.2) is 4.98 Å². The summed E-state index contributed by atoms with van der Waals surface area (Å²) in [6.45, 7) is 2.82. The van der Waals surface area contributed by atoms with Crippen LogP contribution in [0, 0.1) is 11.3 Å². The van der Waals surface area contributed by atoms with Crippen LogP contribution < -0.4 is 10.6 Å². The van der Waals surface area contributed by atoms with E-state index in [4.69, 9.17) is 0 Å². The summed E-state index contributed by atoms with van der Waals surface area (Å²) in [6.07, 6.45) is 2.84. The van der Waals surface area contributed by atoms with E-state index in [-0.39, 0.29) is 17.7 Å². The summed E-state index contributed by atoms with van der Waals surface area (Å²) >= 11 is 0. The van der Waals surface area contributed by atoms with Gasteiger partial charge >= 0.3 is 0 Å². The van der Waals surface area contributed by atoms with Crippen LogP contribution in [0.2, 0.25) is 0 Å². The highest BCUT2D eigenvalue weighted by Crippen LogP contribution is 2.65. The standard InChI is InChI=1S/C22H19N3O2/c1-11-8-17-13(22-14(21(22)27)10-23-20(11)22)9-18(25-17)19(26)16-7-6-12-4-2-3-5-15(12)24-16/h2-7,9,14,17-18,23,25H,8,10H2,1H3. The average molecular weight is 357 g/mol. The van der Waals surface area contributed by atoms with Gasteiger partial charge in [-0.15, -0.1) is 0 Å². The summed E-state index contributed by atoms with van der Waals surface area (Å²) in [5.74, 6) is 0.324. The molecule has 0 amide bonds. The van der Waals surface area contributed by atoms with Gasteiger partial charge in [0.05, 0.1) is 17.5 Å². The molecule has 0 bridgehead atoms. The second-order valence-corrected chi connectivity index (χ2v) is 8.04. The first kappa shape index (κ1) is 15.3. The van der Waals surface area contributed by atoms with E-state index in [1.165, 1.54) is 5.57 Å². The molecule has 1 saturated carbocycles. The molecule has 6 rings (SSSR count). The van der Waals surface area contributed by atoms with Crippen molar-refractivity contribution in [2.45, 2.75) is 25.4 Å². The number of piperidine rings is 1. The lowest BCUT2D eigenvalue weighted by molar-refractivity contribution is -0.113. The third-order valence-electron chi connectivity index (χ3n) is 6.65. The number of nitrogens with one attached hydrogen (secondary N) is 2. The Labute approximate surface area is 156 Å². The molecule has 1 aromatic carbocycles. The molecule has 2 aliphatic heterocycles. The third-order valence-corrected chi connectivity index (χ3v) is 6.65. The summed E-state index contributed by atoms with van der Waals surface area (Å²) in [5, 5.41) is 7.91. The Morgan fingerprint density at radius 3 is 2.93 bits per heavy atom. The van der Waals surface area contributed by atoms with E-state index in [0.717, 1.165) is 35.1 Å². The summed E-state index contributed by atoms with van der Waals surface area (Å²) in [5.41, 5.74) is 4.25. The lowest BCUT2D eigenvalue weighted by Crippen LogP contribution is -2.41. The maximum atomic E-state index is 13.1. The Hall–Kier alpha value is -2.79. The van der Waals surface area contributed by atoms with Crippen LogP contribution in [0.1, 0.15) is 23.8 Å². The number of aromatic nitrogens is 1. The van der Waals surface area contributed by atoms with Crippen LogP contribution >= 0.6 is 0 Å². The fourth-order valence-corrected chi connectivity index (χ4v) is 5.37. The van der Waals surface area contributed by atoms with E-state index < -0.39 is 11.5 Å². The smallest absolute Gasteiger partial charge is 0.201 e. The van der Waals surface area contributed by atoms with Crippen molar-refractivity contribution in [3.8, 4) is 0 Å². The molecule has 2 aliphatic carbocycles. The van der Waals surface area contributed by atoms with E-state index in [1.807, 2.05) is 36.4 Å². The van der Waals surface area contributed by atoms with Gasteiger partial charge in [0.15, 0.2) is 5.78 Å². The molecule has 5 nitrogen and oxygen atoms in total. The lowest BCUT2D eigenvalue weighted by atomic mass is 9.78. The van der Waals surface area contributed by atoms with E-state index in [2.05, 4.69) is 22.5 Å². The first-order chi connectivity index (χ1) is 13.1. The molecule has 2 aromatic rings. The Morgan fingerprint density at radius 1 is 1.22 bits per heavy atom. The monoisotopic (exact) mass is 357 g/mol. The van der Waals surface area contributed by atoms with Crippen LogP contribution in [-0.4, -0.2) is 35.2 Å². The summed E-state index contributed by atoms with van der Waals surface area (Å²) in [6, 6.07) is 11.2. The second kappa shape index (κ2) is 4.93. The topological polar surface area (TPSA) is 71.1 Å². The predicted molar refractivity (Wildman–Crippen MR) is 101 cm³/mol. The van der Waals surface area contributed by atoms with Crippen LogP contribution in [0.4, 0.5) is 0 Å². The predicted octanol–water partition coefficient (Wildman–Crippen LogP) is 2.15. The van der Waals surface area contributed by atoms with E-state index >= 15 is 0 Å². The number of ketones is 2. The van der Waals surface area contributed by atoms with Crippen molar-refractivity contribution >= 4 is 22.5 Å². The van der Waals surface area contributed by atoms with Gasteiger partial charge in [0.25, 0.3) is 0 Å². The van der Waals surface area contributed by atoms with Gasteiger partial charge < -0.3 is 5.32 Å². The number of benzene rings is 1. The maximum Gasteiger partial charge on any atom is 0.201 e. The number of hydrogen-bond acceptors (Lipinski definition) is 5. The minimum absolute atomic E-state index is 0.0335. The van der Waals surface area contributed by atoms with Gasteiger partial charge in [-0.2, -0.15) is 0 Å². The quantitative estimate of drug-likeness (QED) is 0.637. The molecule has 4 atom stereocenters. The first-order valence-corrected chi connectivity index (χ1v) is 9.47. The van der Waals surface area contributed by atoms with Crippen molar-refractivity contribution in [2.24, 2.45) is 11.3 Å². The second-order valence-electron chi connectivity index (χ2n) is 8.04. The number of para-hydroxylation sites is 1. The van der Waals surface area contributed by atoms with Crippen molar-refractivity contribution in [2.75, 3.05) is 6.54 Å². The largest absolute Gasteiger partial charge is 0.386 e. The number of nitrogens with zero attached hydrogens (tertiary/aromatic N) is 1. The van der Waals surface area contributed by atoms with E-state index in [0.29, 0.717) is 11.5 Å². The summed E-state index contributed by atoms with van der Waals surface area (Å²) in [4.78, 5) is 30.3. The third kappa shape index (κ3) is 1.80. The Bertz CT molecular complexity index is 1120. The zero-order valence-electron chi connectivity index (χ0n) is 15.0. The normalized spacial score (nSPS) is 33.3. The van der Waals surface area contributed by atoms with E-state index in [9.17, 15) is 9.59 Å². The highest BCUT2D eigenvalue weighted by molar-refractivity contribution is 6.12. The Morgan fingerprint density at radius 2 is 2.07 bits per heavy atom. The number of allylic oxidation sites excluding steroid dienone is 1. The minimum atomic E-state index is -0.466. The van der Waals surface area contributed by atoms with Crippen LogP contribution in [0.15, 0.2) is 59.3 Å². The molecule has 1 saturated heterocycles. The molecule has 1 spiro atoms. The van der Waals surface area contributed by atoms with Crippen molar-refractivity contribution < 1.29 is 9.59 Å². The first-order valence-electron chi connectivity index (χ1n) is 9.47. The van der Waals surface area contributed by atoms with Gasteiger partial charge in [-0.1, -0.05) is 35.9 Å². The number of carbonyl (C=O) groups excluding carboxylic acids is 2. The molecule has 5 heteroatoms. The zero-order valence-corrected chi connectivity index (χ0v) is 15.0. The molecule has 0 radical (unpaired) electrons. The SMILES string of the molecule is CC1=C2NCC3C(=O)C23C2=CC(C(=O)c3ccc4ccccc4n3)NC2C1. The van der Waals surface area contributed by atoms with Gasteiger partial charge in [-0.05, 0) is 31.1 Å². The van der Waals surface area contributed by atoms with Gasteiger partial charge in [-0.3, -0.25) is 14.9 Å².